The number of nitrogens with zero attached hydrogens (tertiary/aromatic N) is 2. The van der Waals surface area contributed by atoms with Gasteiger partial charge in [-0.3, -0.25) is 9.69 Å². The van der Waals surface area contributed by atoms with Crippen LogP contribution < -0.4 is 5.32 Å². The van der Waals surface area contributed by atoms with Crippen molar-refractivity contribution in [2.45, 2.75) is 39.7 Å². The molecular weight excluding hydrogens is 334 g/mol. The van der Waals surface area contributed by atoms with E-state index in [0.717, 1.165) is 36.3 Å². The third kappa shape index (κ3) is 4.12. The first-order chi connectivity index (χ1) is 12.0. The molecule has 2 aromatic heterocycles. The van der Waals surface area contributed by atoms with Crippen LogP contribution in [0.4, 0.5) is 5.00 Å². The second-order valence-electron chi connectivity index (χ2n) is 6.90. The fourth-order valence-corrected chi connectivity index (χ4v) is 4.64. The number of nitriles is 1. The van der Waals surface area contributed by atoms with Crippen LogP contribution in [0.25, 0.3) is 0 Å². The quantitative estimate of drug-likeness (QED) is 0.885. The number of aryl methyl sites for hydroxylation is 1. The number of hydrogen-bond donors (Lipinski definition) is 1. The van der Waals surface area contributed by atoms with Gasteiger partial charge in [0.15, 0.2) is 0 Å². The summed E-state index contributed by atoms with van der Waals surface area (Å²) in [4.78, 5) is 15.5. The molecule has 1 atom stereocenters. The molecule has 0 unspecified atom stereocenters. The van der Waals surface area contributed by atoms with Crippen molar-refractivity contribution in [1.82, 2.24) is 4.90 Å². The first-order valence-electron chi connectivity index (χ1n) is 8.54. The SMILES string of the molecule is Cc1ccc(CN(C)CC(=O)Nc2sc3c(c2C#N)CC[C@H](C)C3)o1. The third-order valence-electron chi connectivity index (χ3n) is 4.51. The number of hydrogen-bond acceptors (Lipinski definition) is 5. The predicted molar refractivity (Wildman–Crippen MR) is 98.6 cm³/mol. The van der Waals surface area contributed by atoms with E-state index >= 15 is 0 Å². The van der Waals surface area contributed by atoms with Crippen molar-refractivity contribution in [2.24, 2.45) is 5.92 Å². The van der Waals surface area contributed by atoms with Crippen LogP contribution in [-0.2, 0) is 24.2 Å². The van der Waals surface area contributed by atoms with Gasteiger partial charge in [0.05, 0.1) is 18.7 Å². The average molecular weight is 357 g/mol. The number of likely N-dealkylation sites (N-methyl/N-ethyl adjacent to an activating group) is 1. The van der Waals surface area contributed by atoms with E-state index in [9.17, 15) is 10.1 Å². The maximum Gasteiger partial charge on any atom is 0.239 e. The molecule has 25 heavy (non-hydrogen) atoms. The maximum atomic E-state index is 12.4. The summed E-state index contributed by atoms with van der Waals surface area (Å²) in [5.74, 6) is 2.24. The van der Waals surface area contributed by atoms with Gasteiger partial charge in [-0.15, -0.1) is 11.3 Å². The maximum absolute atomic E-state index is 12.4. The van der Waals surface area contributed by atoms with Gasteiger partial charge in [0.1, 0.15) is 22.6 Å². The lowest BCUT2D eigenvalue weighted by molar-refractivity contribution is -0.117. The van der Waals surface area contributed by atoms with E-state index in [-0.39, 0.29) is 12.5 Å². The molecule has 0 radical (unpaired) electrons. The Bertz CT molecular complexity index is 815. The molecule has 0 aliphatic heterocycles. The molecule has 132 valence electrons. The average Bonchev–Trinajstić information content (AvgIpc) is 3.09. The third-order valence-corrected chi connectivity index (χ3v) is 5.68. The minimum absolute atomic E-state index is 0.103. The van der Waals surface area contributed by atoms with Crippen LogP contribution in [-0.4, -0.2) is 24.4 Å². The Morgan fingerprint density at radius 2 is 2.32 bits per heavy atom. The van der Waals surface area contributed by atoms with E-state index in [2.05, 4.69) is 18.3 Å². The van der Waals surface area contributed by atoms with Crippen molar-refractivity contribution in [3.63, 3.8) is 0 Å². The molecule has 1 N–H and O–H groups in total. The van der Waals surface area contributed by atoms with E-state index in [1.165, 1.54) is 4.88 Å². The van der Waals surface area contributed by atoms with Crippen molar-refractivity contribution in [3.8, 4) is 6.07 Å². The molecular formula is C19H23N3O2S. The van der Waals surface area contributed by atoms with Gasteiger partial charge < -0.3 is 9.73 Å². The summed E-state index contributed by atoms with van der Waals surface area (Å²) >= 11 is 1.56. The number of fused-ring (bicyclic) bond motifs is 1. The minimum Gasteiger partial charge on any atom is -0.465 e. The van der Waals surface area contributed by atoms with Crippen LogP contribution in [0.1, 0.15) is 40.9 Å². The normalized spacial score (nSPS) is 16.5. The number of carbonyl (C=O) groups excluding carboxylic acids is 1. The number of carbonyl (C=O) groups is 1. The summed E-state index contributed by atoms with van der Waals surface area (Å²) in [5, 5.41) is 13.1. The molecule has 2 aromatic rings. The molecule has 0 fully saturated rings. The Kier molecular flexibility index (Phi) is 5.26. The van der Waals surface area contributed by atoms with E-state index < -0.39 is 0 Å². The topological polar surface area (TPSA) is 69.3 Å². The Balaban J connectivity index is 1.64. The highest BCUT2D eigenvalue weighted by atomic mass is 32.1. The van der Waals surface area contributed by atoms with Gasteiger partial charge in [-0.1, -0.05) is 6.92 Å². The second kappa shape index (κ2) is 7.42. The van der Waals surface area contributed by atoms with Crippen LogP contribution in [0.5, 0.6) is 0 Å². The molecule has 2 heterocycles. The molecule has 0 aromatic carbocycles. The first kappa shape index (κ1) is 17.7. The summed E-state index contributed by atoms with van der Waals surface area (Å²) < 4.78 is 5.54. The fourth-order valence-electron chi connectivity index (χ4n) is 3.26. The summed E-state index contributed by atoms with van der Waals surface area (Å²) in [6.07, 6.45) is 3.04. The Labute approximate surface area is 152 Å². The molecule has 0 spiro atoms. The number of amides is 1. The lowest BCUT2D eigenvalue weighted by atomic mass is 9.89. The van der Waals surface area contributed by atoms with Crippen molar-refractivity contribution in [1.29, 1.82) is 5.26 Å². The molecule has 0 saturated heterocycles. The summed E-state index contributed by atoms with van der Waals surface area (Å²) in [5.41, 5.74) is 1.80. The van der Waals surface area contributed by atoms with Gasteiger partial charge in [0, 0.05) is 4.88 Å². The Morgan fingerprint density at radius 3 is 3.00 bits per heavy atom. The predicted octanol–water partition coefficient (Wildman–Crippen LogP) is 3.72. The molecule has 5 nitrogen and oxygen atoms in total. The number of nitrogens with one attached hydrogen (secondary N) is 1. The van der Waals surface area contributed by atoms with Crippen molar-refractivity contribution >= 4 is 22.2 Å². The number of anilines is 1. The zero-order chi connectivity index (χ0) is 18.0. The highest BCUT2D eigenvalue weighted by molar-refractivity contribution is 7.16. The number of furan rings is 1. The van der Waals surface area contributed by atoms with Crippen LogP contribution >= 0.6 is 11.3 Å². The van der Waals surface area contributed by atoms with Gasteiger partial charge in [-0.25, -0.2) is 0 Å². The number of rotatable bonds is 5. The second-order valence-corrected chi connectivity index (χ2v) is 8.01. The molecule has 0 bridgehead atoms. The van der Waals surface area contributed by atoms with Gasteiger partial charge in [-0.05, 0) is 56.8 Å². The van der Waals surface area contributed by atoms with E-state index in [4.69, 9.17) is 4.42 Å². The smallest absolute Gasteiger partial charge is 0.239 e. The highest BCUT2D eigenvalue weighted by Gasteiger charge is 2.24. The van der Waals surface area contributed by atoms with Gasteiger partial charge in [-0.2, -0.15) is 5.26 Å². The highest BCUT2D eigenvalue weighted by Crippen LogP contribution is 2.39. The summed E-state index contributed by atoms with van der Waals surface area (Å²) in [6, 6.07) is 6.13. The minimum atomic E-state index is -0.103. The van der Waals surface area contributed by atoms with E-state index in [0.29, 0.717) is 23.0 Å². The zero-order valence-electron chi connectivity index (χ0n) is 14.9. The molecule has 1 aliphatic rings. The Morgan fingerprint density at radius 1 is 1.52 bits per heavy atom. The lowest BCUT2D eigenvalue weighted by Crippen LogP contribution is -2.29. The summed E-state index contributed by atoms with van der Waals surface area (Å²) in [7, 11) is 1.88. The fraction of sp³-hybridized carbons (Fsp3) is 0.474. The molecule has 1 aliphatic carbocycles. The van der Waals surface area contributed by atoms with Crippen LogP contribution in [0.2, 0.25) is 0 Å². The zero-order valence-corrected chi connectivity index (χ0v) is 15.7. The van der Waals surface area contributed by atoms with Crippen LogP contribution in [0.3, 0.4) is 0 Å². The van der Waals surface area contributed by atoms with E-state index in [1.807, 2.05) is 31.0 Å². The molecule has 1 amide bonds. The number of thiophene rings is 1. The Hall–Kier alpha value is -2.10. The molecule has 0 saturated carbocycles. The van der Waals surface area contributed by atoms with Crippen molar-refractivity contribution in [2.75, 3.05) is 18.9 Å². The van der Waals surface area contributed by atoms with Crippen LogP contribution in [0.15, 0.2) is 16.5 Å². The molecule has 3 rings (SSSR count). The van der Waals surface area contributed by atoms with Gasteiger partial charge in [0.25, 0.3) is 0 Å². The molecule has 6 heteroatoms. The monoisotopic (exact) mass is 357 g/mol. The lowest BCUT2D eigenvalue weighted by Gasteiger charge is -2.17. The first-order valence-corrected chi connectivity index (χ1v) is 9.36. The van der Waals surface area contributed by atoms with E-state index in [1.54, 1.807) is 11.3 Å². The summed E-state index contributed by atoms with van der Waals surface area (Å²) in [6.45, 7) is 4.96. The largest absolute Gasteiger partial charge is 0.465 e. The standard InChI is InChI=1S/C19H23N3O2S/c1-12-4-7-15-16(9-20)19(25-17(15)8-12)21-18(23)11-22(3)10-14-6-5-13(2)24-14/h5-6,12H,4,7-8,10-11H2,1-3H3,(H,21,23)/t12-/m0/s1. The van der Waals surface area contributed by atoms with Crippen molar-refractivity contribution in [3.05, 3.63) is 39.7 Å². The van der Waals surface area contributed by atoms with Gasteiger partial charge in [0.2, 0.25) is 5.91 Å². The van der Waals surface area contributed by atoms with Crippen molar-refractivity contribution < 1.29 is 9.21 Å². The van der Waals surface area contributed by atoms with Crippen LogP contribution in [0, 0.1) is 24.2 Å². The van der Waals surface area contributed by atoms with Gasteiger partial charge >= 0.3 is 0 Å².